The minimum atomic E-state index is -1.27. The predicted octanol–water partition coefficient (Wildman–Crippen LogP) is 1.66. The van der Waals surface area contributed by atoms with Gasteiger partial charge in [-0.2, -0.15) is 0 Å². The summed E-state index contributed by atoms with van der Waals surface area (Å²) in [6.45, 7) is 0. The van der Waals surface area contributed by atoms with Crippen LogP contribution >= 0.6 is 24.1 Å². The maximum Gasteiger partial charge on any atom is 0.393 e. The highest BCUT2D eigenvalue weighted by Gasteiger charge is 2.02. The summed E-state index contributed by atoms with van der Waals surface area (Å²) in [4.78, 5) is 19.2. The Bertz CT molecular complexity index is 108. The Hall–Kier alpha value is -0.400. The largest absolute Gasteiger partial charge is 0.471 e. The average Bonchev–Trinajstić information content (AvgIpc) is 1.63. The highest BCUT2D eigenvalue weighted by molar-refractivity contribution is 8.21. The van der Waals surface area contributed by atoms with Crippen LogP contribution in [0.2, 0.25) is 0 Å². The van der Waals surface area contributed by atoms with E-state index in [2.05, 4.69) is 3.63 Å². The molecule has 0 aromatic carbocycles. The van der Waals surface area contributed by atoms with Gasteiger partial charge in [-0.15, -0.1) is 0 Å². The van der Waals surface area contributed by atoms with Crippen LogP contribution < -0.4 is 0 Å². The summed E-state index contributed by atoms with van der Waals surface area (Å²) < 4.78 is 3.99. The summed E-state index contributed by atoms with van der Waals surface area (Å²) in [5, 5.41) is 13.2. The molecule has 0 heterocycles. The van der Waals surface area contributed by atoms with Gasteiger partial charge in [-0.1, -0.05) is 0 Å². The molecule has 0 saturated carbocycles. The summed E-state index contributed by atoms with van der Waals surface area (Å²) in [5.41, 5.74) is 0. The summed E-state index contributed by atoms with van der Waals surface area (Å²) in [6.07, 6.45) is 0. The first-order valence-corrected chi connectivity index (χ1v) is 3.08. The van der Waals surface area contributed by atoms with Crippen LogP contribution in [0.3, 0.4) is 0 Å². The summed E-state index contributed by atoms with van der Waals surface area (Å²) in [6, 6.07) is 0. The number of carboxylic acid groups (broad SMARTS) is 2. The molecular formula is C2H2O5S2. The Morgan fingerprint density at radius 3 is 1.67 bits per heavy atom. The second kappa shape index (κ2) is 4.48. The molecule has 0 spiro atoms. The fourth-order valence-electron chi connectivity index (χ4n) is 0.0752. The first kappa shape index (κ1) is 8.60. The van der Waals surface area contributed by atoms with Crippen molar-refractivity contribution in [3.63, 3.8) is 0 Å². The molecule has 2 N–H and O–H groups in total. The lowest BCUT2D eigenvalue weighted by Crippen LogP contribution is -1.85. The van der Waals surface area contributed by atoms with E-state index in [1.807, 2.05) is 0 Å². The van der Waals surface area contributed by atoms with Gasteiger partial charge in [-0.05, 0) is 0 Å². The predicted molar refractivity (Wildman–Crippen MR) is 32.3 cm³/mol. The molecule has 5 nitrogen and oxygen atoms in total. The van der Waals surface area contributed by atoms with E-state index in [1.54, 1.807) is 0 Å². The van der Waals surface area contributed by atoms with Crippen molar-refractivity contribution in [1.29, 1.82) is 0 Å². The van der Waals surface area contributed by atoms with Gasteiger partial charge < -0.3 is 10.2 Å². The molecule has 0 rings (SSSR count). The zero-order valence-corrected chi connectivity index (χ0v) is 5.57. The molecule has 0 fully saturated rings. The monoisotopic (exact) mass is 170 g/mol. The van der Waals surface area contributed by atoms with Gasteiger partial charge in [0, 0.05) is 0 Å². The van der Waals surface area contributed by atoms with Crippen LogP contribution in [0.5, 0.6) is 0 Å². The maximum absolute atomic E-state index is 9.61. The Labute approximate surface area is 58.8 Å². The van der Waals surface area contributed by atoms with E-state index >= 15 is 0 Å². The van der Waals surface area contributed by atoms with E-state index in [1.165, 1.54) is 0 Å². The van der Waals surface area contributed by atoms with E-state index < -0.39 is 10.6 Å². The Morgan fingerprint density at radius 1 is 1.11 bits per heavy atom. The summed E-state index contributed by atoms with van der Waals surface area (Å²) in [5.74, 6) is 0. The molecule has 0 aliphatic heterocycles. The van der Waals surface area contributed by atoms with E-state index in [0.717, 1.165) is 0 Å². The van der Waals surface area contributed by atoms with E-state index in [0.29, 0.717) is 0 Å². The van der Waals surface area contributed by atoms with Gasteiger partial charge in [-0.25, -0.2) is 13.2 Å². The van der Waals surface area contributed by atoms with Crippen molar-refractivity contribution in [3.05, 3.63) is 0 Å². The molecule has 0 aliphatic carbocycles. The van der Waals surface area contributed by atoms with Crippen molar-refractivity contribution < 1.29 is 23.4 Å². The third-order valence-corrected chi connectivity index (χ3v) is 1.04. The van der Waals surface area contributed by atoms with Crippen LogP contribution in [0.25, 0.3) is 0 Å². The van der Waals surface area contributed by atoms with E-state index in [9.17, 15) is 9.59 Å². The molecule has 0 amide bonds. The second-order valence-corrected chi connectivity index (χ2v) is 2.34. The molecule has 9 heavy (non-hydrogen) atoms. The lowest BCUT2D eigenvalue weighted by molar-refractivity contribution is 0.221. The van der Waals surface area contributed by atoms with E-state index in [-0.39, 0.29) is 24.1 Å². The maximum atomic E-state index is 9.61. The highest BCUT2D eigenvalue weighted by Crippen LogP contribution is 2.14. The standard InChI is InChI=1S/C2H2O5S2/c3-1(4)8-7-9-2(5)6/h(H,3,4)(H,5,6). The lowest BCUT2D eigenvalue weighted by atomic mass is 11.6. The first-order chi connectivity index (χ1) is 4.13. The zero-order valence-electron chi connectivity index (χ0n) is 3.94. The van der Waals surface area contributed by atoms with Gasteiger partial charge in [0.1, 0.15) is 24.1 Å². The van der Waals surface area contributed by atoms with Crippen molar-refractivity contribution in [2.45, 2.75) is 0 Å². The fraction of sp³-hybridized carbons (Fsp3) is 0. The molecule has 0 unspecified atom stereocenters. The molecule has 0 bridgehead atoms. The summed E-state index contributed by atoms with van der Waals surface area (Å²) >= 11 is 0.117. The molecule has 0 radical (unpaired) electrons. The SMILES string of the molecule is O=C(O)SOSC(=O)O. The summed E-state index contributed by atoms with van der Waals surface area (Å²) in [7, 11) is 0. The number of carbonyl (C=O) groups is 2. The quantitative estimate of drug-likeness (QED) is 0.609. The van der Waals surface area contributed by atoms with Crippen LogP contribution in [-0.2, 0) is 3.63 Å². The van der Waals surface area contributed by atoms with Crippen LogP contribution in [0.1, 0.15) is 0 Å². The van der Waals surface area contributed by atoms with Crippen molar-refractivity contribution in [3.8, 4) is 0 Å². The van der Waals surface area contributed by atoms with Gasteiger partial charge >= 0.3 is 10.6 Å². The minimum Gasteiger partial charge on any atom is -0.471 e. The van der Waals surface area contributed by atoms with Crippen molar-refractivity contribution in [1.82, 2.24) is 0 Å². The molecule has 7 heteroatoms. The van der Waals surface area contributed by atoms with Crippen LogP contribution in [0.15, 0.2) is 0 Å². The topological polar surface area (TPSA) is 83.8 Å². The van der Waals surface area contributed by atoms with Gasteiger partial charge in [-0.3, -0.25) is 0 Å². The van der Waals surface area contributed by atoms with Crippen molar-refractivity contribution >= 4 is 34.7 Å². The molecule has 0 saturated heterocycles. The van der Waals surface area contributed by atoms with Crippen LogP contribution in [0, 0.1) is 0 Å². The Kier molecular flexibility index (Phi) is 4.28. The molecule has 52 valence electrons. The fourth-order valence-corrected chi connectivity index (χ4v) is 0.677. The zero-order chi connectivity index (χ0) is 7.28. The average molecular weight is 170 g/mol. The normalized spacial score (nSPS) is 8.89. The number of hydrogen-bond acceptors (Lipinski definition) is 5. The lowest BCUT2D eigenvalue weighted by Gasteiger charge is -1.88. The van der Waals surface area contributed by atoms with Crippen LogP contribution in [0.4, 0.5) is 9.59 Å². The minimum absolute atomic E-state index is 0.0584. The van der Waals surface area contributed by atoms with Gasteiger partial charge in [0.05, 0.1) is 0 Å². The molecule has 0 aromatic heterocycles. The first-order valence-electron chi connectivity index (χ1n) is 1.60. The molecule has 0 aromatic rings. The van der Waals surface area contributed by atoms with Gasteiger partial charge in [0.15, 0.2) is 0 Å². The van der Waals surface area contributed by atoms with Gasteiger partial charge in [0.25, 0.3) is 0 Å². The Balaban J connectivity index is 3.10. The van der Waals surface area contributed by atoms with E-state index in [4.69, 9.17) is 10.2 Å². The Morgan fingerprint density at radius 2 is 1.44 bits per heavy atom. The van der Waals surface area contributed by atoms with Crippen LogP contribution in [-0.4, -0.2) is 20.8 Å². The van der Waals surface area contributed by atoms with Crippen molar-refractivity contribution in [2.24, 2.45) is 0 Å². The molecule has 0 atom stereocenters. The molecule has 0 aliphatic rings. The number of rotatable bonds is 2. The van der Waals surface area contributed by atoms with Crippen molar-refractivity contribution in [2.75, 3.05) is 0 Å². The third-order valence-electron chi connectivity index (χ3n) is 0.211. The molecular weight excluding hydrogens is 168 g/mol. The third kappa shape index (κ3) is 7.60. The van der Waals surface area contributed by atoms with Gasteiger partial charge in [0.2, 0.25) is 0 Å². The smallest absolute Gasteiger partial charge is 0.393 e. The highest BCUT2D eigenvalue weighted by atomic mass is 32.2. The number of hydrogen-bond donors (Lipinski definition) is 2. The second-order valence-electron chi connectivity index (χ2n) is 0.767.